The number of allylic oxidation sites excluding steroid dienone is 10. The zero-order chi connectivity index (χ0) is 41.1. The summed E-state index contributed by atoms with van der Waals surface area (Å²) in [4.78, 5) is 42.9. The van der Waals surface area contributed by atoms with Crippen molar-refractivity contribution in [1.29, 1.82) is 0 Å². The van der Waals surface area contributed by atoms with Crippen molar-refractivity contribution in [3.8, 4) is 0 Å². The van der Waals surface area contributed by atoms with E-state index in [9.17, 15) is 14.2 Å². The average Bonchev–Trinajstić information content (AvgIpc) is 3.17. The van der Waals surface area contributed by atoms with Crippen molar-refractivity contribution in [3.05, 3.63) is 60.8 Å². The van der Waals surface area contributed by atoms with Gasteiger partial charge < -0.3 is 19.3 Å². The molecule has 0 radical (unpaired) electrons. The number of carbonyl (C=O) groups excluding carboxylic acids is 2. The number of phosphoric acid groups is 1. The highest BCUT2D eigenvalue weighted by Gasteiger charge is 2.22. The van der Waals surface area contributed by atoms with Gasteiger partial charge in [-0.25, -0.2) is 4.57 Å². The number of rotatable bonds is 41. The number of hydrogen-bond donors (Lipinski definition) is 2. The molecule has 56 heavy (non-hydrogen) atoms. The van der Waals surface area contributed by atoms with Crippen molar-refractivity contribution >= 4 is 19.8 Å². The maximum atomic E-state index is 12.4. The van der Waals surface area contributed by atoms with Gasteiger partial charge in [0.1, 0.15) is 6.61 Å². The summed E-state index contributed by atoms with van der Waals surface area (Å²) in [5, 5.41) is 0. The van der Waals surface area contributed by atoms with E-state index < -0.39 is 32.5 Å². The summed E-state index contributed by atoms with van der Waals surface area (Å²) in [6, 6.07) is 0. The molecule has 0 aliphatic heterocycles. The number of hydrogen-bond acceptors (Lipinski definition) is 6. The Balaban J connectivity index is 3.93. The van der Waals surface area contributed by atoms with Crippen molar-refractivity contribution in [1.82, 2.24) is 0 Å². The molecule has 0 aromatic carbocycles. The molecule has 0 rings (SSSR count). The summed E-state index contributed by atoms with van der Waals surface area (Å²) in [5.41, 5.74) is 0. The first-order valence-corrected chi connectivity index (χ1v) is 24.1. The Morgan fingerprint density at radius 1 is 0.482 bits per heavy atom. The quantitative estimate of drug-likeness (QED) is 0.0271. The first-order chi connectivity index (χ1) is 27.3. The molecule has 0 aliphatic rings. The van der Waals surface area contributed by atoms with Crippen LogP contribution in [-0.2, 0) is 28.2 Å². The van der Waals surface area contributed by atoms with E-state index in [4.69, 9.17) is 19.3 Å². The smallest absolute Gasteiger partial charge is 0.462 e. The molecule has 0 aromatic rings. The van der Waals surface area contributed by atoms with Crippen molar-refractivity contribution in [2.45, 2.75) is 213 Å². The second kappa shape index (κ2) is 42.4. The Bertz CT molecular complexity index is 1090. The molecule has 0 spiro atoms. The third kappa shape index (κ3) is 44.5. The lowest BCUT2D eigenvalue weighted by Crippen LogP contribution is -2.29. The predicted octanol–water partition coefficient (Wildman–Crippen LogP) is 14.1. The molecule has 0 unspecified atom stereocenters. The van der Waals surface area contributed by atoms with Gasteiger partial charge in [-0.1, -0.05) is 203 Å². The van der Waals surface area contributed by atoms with Crippen LogP contribution < -0.4 is 0 Å². The largest absolute Gasteiger partial charge is 0.469 e. The molecule has 1 atom stereocenters. The third-order valence-corrected chi connectivity index (χ3v) is 10.0. The number of carbonyl (C=O) groups is 2. The van der Waals surface area contributed by atoms with E-state index in [1.165, 1.54) is 116 Å². The molecule has 0 amide bonds. The Kier molecular flexibility index (Phi) is 40.7. The van der Waals surface area contributed by atoms with Gasteiger partial charge in [0.15, 0.2) is 6.10 Å². The Hall–Kier alpha value is -2.25. The molecule has 0 bridgehead atoms. The Morgan fingerprint density at radius 2 is 0.857 bits per heavy atom. The second-order valence-electron chi connectivity index (χ2n) is 15.0. The normalized spacial score (nSPS) is 13.0. The standard InChI is InChI=1S/C47H83O8P/c1-3-5-7-9-11-13-15-17-19-21-22-23-24-26-27-29-31-33-35-37-39-41-46(48)53-43-45(44-54-56(50,51)52)55-47(49)42-40-38-36-34-32-30-28-25-20-18-16-14-12-10-8-6-4-2/h6,8,12,14,18,20,28,30,34,36,45H,3-5,7,9-11,13,15-17,19,21-27,29,31-33,35,37-44H2,1-2H3,(H2,50,51,52)/b8-6+,14-12+,20-18+,30-28+,36-34+/t45-/m1/s1. The monoisotopic (exact) mass is 807 g/mol. The minimum absolute atomic E-state index is 0.133. The van der Waals surface area contributed by atoms with Crippen LogP contribution in [-0.4, -0.2) is 41.0 Å². The lowest BCUT2D eigenvalue weighted by Gasteiger charge is -2.18. The molecule has 0 aromatic heterocycles. The fourth-order valence-corrected chi connectivity index (χ4v) is 6.59. The molecular formula is C47H83O8P. The average molecular weight is 807 g/mol. The molecule has 0 heterocycles. The summed E-state index contributed by atoms with van der Waals surface area (Å²) in [6.07, 6.45) is 53.9. The van der Waals surface area contributed by atoms with Crippen LogP contribution in [0.5, 0.6) is 0 Å². The molecule has 0 aliphatic carbocycles. The van der Waals surface area contributed by atoms with E-state index in [-0.39, 0.29) is 19.4 Å². The van der Waals surface area contributed by atoms with Gasteiger partial charge >= 0.3 is 19.8 Å². The molecule has 0 fully saturated rings. The minimum atomic E-state index is -4.77. The third-order valence-electron chi connectivity index (χ3n) is 9.55. The van der Waals surface area contributed by atoms with E-state index in [1.54, 1.807) is 0 Å². The van der Waals surface area contributed by atoms with Crippen LogP contribution in [0.4, 0.5) is 0 Å². The summed E-state index contributed by atoms with van der Waals surface area (Å²) < 4.78 is 26.4. The Labute approximate surface area is 343 Å². The maximum absolute atomic E-state index is 12.4. The van der Waals surface area contributed by atoms with Gasteiger partial charge in [-0.05, 0) is 51.4 Å². The number of ether oxygens (including phenoxy) is 2. The van der Waals surface area contributed by atoms with Crippen molar-refractivity contribution in [3.63, 3.8) is 0 Å². The van der Waals surface area contributed by atoms with Crippen LogP contribution in [0, 0.1) is 0 Å². The van der Waals surface area contributed by atoms with Gasteiger partial charge in [0.2, 0.25) is 0 Å². The SMILES string of the molecule is CC/C=C/C/C=C/C/C=C/C/C=C/C/C=C/CCCC(=O)O[C@H](COC(=O)CCCCCCCCCCCCCCCCCCCCCCC)COP(=O)(O)O. The molecule has 324 valence electrons. The van der Waals surface area contributed by atoms with E-state index in [0.717, 1.165) is 51.4 Å². The van der Waals surface area contributed by atoms with Crippen molar-refractivity contribution in [2.24, 2.45) is 0 Å². The zero-order valence-corrected chi connectivity index (χ0v) is 36.7. The fraction of sp³-hybridized carbons (Fsp3) is 0.745. The van der Waals surface area contributed by atoms with Gasteiger partial charge in [0, 0.05) is 12.8 Å². The van der Waals surface area contributed by atoms with Crippen LogP contribution in [0.25, 0.3) is 0 Å². The highest BCUT2D eigenvalue weighted by molar-refractivity contribution is 7.46. The minimum Gasteiger partial charge on any atom is -0.462 e. The molecule has 0 saturated carbocycles. The summed E-state index contributed by atoms with van der Waals surface area (Å²) in [6.45, 7) is 3.54. The summed E-state index contributed by atoms with van der Waals surface area (Å²) in [5.74, 6) is -0.949. The van der Waals surface area contributed by atoms with Gasteiger partial charge in [-0.2, -0.15) is 0 Å². The molecular weight excluding hydrogens is 723 g/mol. The highest BCUT2D eigenvalue weighted by atomic mass is 31.2. The lowest BCUT2D eigenvalue weighted by atomic mass is 10.0. The predicted molar refractivity (Wildman–Crippen MR) is 234 cm³/mol. The fourth-order valence-electron chi connectivity index (χ4n) is 6.23. The topological polar surface area (TPSA) is 119 Å². The van der Waals surface area contributed by atoms with Crippen LogP contribution in [0.2, 0.25) is 0 Å². The van der Waals surface area contributed by atoms with E-state index in [2.05, 4.69) is 73.1 Å². The first-order valence-electron chi connectivity index (χ1n) is 22.6. The van der Waals surface area contributed by atoms with E-state index in [1.807, 2.05) is 6.08 Å². The second-order valence-corrected chi connectivity index (χ2v) is 16.2. The van der Waals surface area contributed by atoms with Gasteiger partial charge in [-0.3, -0.25) is 14.1 Å². The maximum Gasteiger partial charge on any atom is 0.469 e. The summed E-state index contributed by atoms with van der Waals surface area (Å²) >= 11 is 0. The van der Waals surface area contributed by atoms with Gasteiger partial charge in [0.25, 0.3) is 0 Å². The Morgan fingerprint density at radius 3 is 1.27 bits per heavy atom. The first kappa shape index (κ1) is 53.8. The van der Waals surface area contributed by atoms with Crippen LogP contribution in [0.15, 0.2) is 60.8 Å². The van der Waals surface area contributed by atoms with Crippen molar-refractivity contribution < 1.29 is 37.9 Å². The van der Waals surface area contributed by atoms with Crippen LogP contribution in [0.3, 0.4) is 0 Å². The molecule has 2 N–H and O–H groups in total. The number of phosphoric ester groups is 1. The summed E-state index contributed by atoms with van der Waals surface area (Å²) in [7, 11) is -4.77. The number of esters is 2. The van der Waals surface area contributed by atoms with Crippen LogP contribution in [0.1, 0.15) is 206 Å². The molecule has 9 heteroatoms. The van der Waals surface area contributed by atoms with E-state index >= 15 is 0 Å². The molecule has 8 nitrogen and oxygen atoms in total. The van der Waals surface area contributed by atoms with Gasteiger partial charge in [-0.15, -0.1) is 0 Å². The molecule has 0 saturated heterocycles. The van der Waals surface area contributed by atoms with Crippen molar-refractivity contribution in [2.75, 3.05) is 13.2 Å². The highest BCUT2D eigenvalue weighted by Crippen LogP contribution is 2.36. The number of unbranched alkanes of at least 4 members (excludes halogenated alkanes) is 21. The zero-order valence-electron chi connectivity index (χ0n) is 35.8. The van der Waals surface area contributed by atoms with Gasteiger partial charge in [0.05, 0.1) is 6.61 Å². The van der Waals surface area contributed by atoms with Crippen LogP contribution >= 0.6 is 7.82 Å². The van der Waals surface area contributed by atoms with E-state index in [0.29, 0.717) is 12.8 Å². The lowest BCUT2D eigenvalue weighted by molar-refractivity contribution is -0.161.